The maximum absolute atomic E-state index is 12.7. The number of nitrogens with zero attached hydrogens (tertiary/aromatic N) is 3. The topological polar surface area (TPSA) is 59.4 Å². The highest BCUT2D eigenvalue weighted by Crippen LogP contribution is 2.23. The third kappa shape index (κ3) is 4.02. The highest BCUT2D eigenvalue weighted by Gasteiger charge is 2.31. The zero-order valence-electron chi connectivity index (χ0n) is 15.2. The van der Waals surface area contributed by atoms with Crippen LogP contribution in [0.4, 0.5) is 5.69 Å². The van der Waals surface area contributed by atoms with E-state index in [0.717, 1.165) is 49.5 Å². The van der Waals surface area contributed by atoms with Crippen LogP contribution in [0.2, 0.25) is 0 Å². The van der Waals surface area contributed by atoms with Crippen molar-refractivity contribution in [2.24, 2.45) is 7.05 Å². The third-order valence-electron chi connectivity index (χ3n) is 4.72. The van der Waals surface area contributed by atoms with Crippen LogP contribution in [0, 0.1) is 0 Å². The van der Waals surface area contributed by atoms with E-state index in [1.165, 1.54) is 5.56 Å². The Hall–Kier alpha value is -2.34. The molecule has 25 heavy (non-hydrogen) atoms. The number of hydrogen-bond acceptors (Lipinski definition) is 4. The third-order valence-corrected chi connectivity index (χ3v) is 4.72. The van der Waals surface area contributed by atoms with Gasteiger partial charge in [0, 0.05) is 31.0 Å². The van der Waals surface area contributed by atoms with E-state index in [1.54, 1.807) is 7.11 Å². The van der Waals surface area contributed by atoms with E-state index in [4.69, 9.17) is 4.74 Å². The van der Waals surface area contributed by atoms with Gasteiger partial charge in [0.2, 0.25) is 5.91 Å². The fraction of sp³-hybridized carbons (Fsp3) is 0.474. The first-order valence-corrected chi connectivity index (χ1v) is 8.81. The van der Waals surface area contributed by atoms with E-state index in [2.05, 4.69) is 28.4 Å². The monoisotopic (exact) mass is 342 g/mol. The van der Waals surface area contributed by atoms with Crippen molar-refractivity contribution >= 4 is 11.6 Å². The summed E-state index contributed by atoms with van der Waals surface area (Å²) >= 11 is 0. The minimum atomic E-state index is -0.0907. The van der Waals surface area contributed by atoms with E-state index >= 15 is 0 Å². The number of methoxy groups -OCH3 is 1. The van der Waals surface area contributed by atoms with Crippen molar-refractivity contribution in [2.75, 3.05) is 19.0 Å². The van der Waals surface area contributed by atoms with Gasteiger partial charge >= 0.3 is 0 Å². The Morgan fingerprint density at radius 1 is 1.36 bits per heavy atom. The Kier molecular flexibility index (Phi) is 5.38. The number of amides is 1. The maximum Gasteiger partial charge on any atom is 0.241 e. The molecular weight excluding hydrogens is 316 g/mol. The Bertz CT molecular complexity index is 724. The molecule has 0 aliphatic carbocycles. The number of carbonyl (C=O) groups excluding carboxylic acids is 1. The van der Waals surface area contributed by atoms with Gasteiger partial charge in [-0.05, 0) is 50.1 Å². The minimum Gasteiger partial charge on any atom is -0.497 e. The maximum atomic E-state index is 12.7. The molecule has 134 valence electrons. The van der Waals surface area contributed by atoms with Crippen LogP contribution in [0.5, 0.6) is 5.75 Å². The lowest BCUT2D eigenvalue weighted by Crippen LogP contribution is -2.39. The first-order valence-electron chi connectivity index (χ1n) is 8.81. The molecule has 0 bridgehead atoms. The standard InChI is InChI=1S/C19H26N4O2/c1-4-17-14(12-22(2)21-17)13-23-11-5-6-18(23)19(24)20-15-7-9-16(25-3)10-8-15/h7-10,12,18H,4-6,11,13H2,1-3H3,(H,20,24)/t18-/m0/s1. The molecule has 1 aliphatic rings. The normalized spacial score (nSPS) is 17.6. The van der Waals surface area contributed by atoms with Gasteiger partial charge in [-0.1, -0.05) is 6.92 Å². The molecule has 1 fully saturated rings. The molecule has 0 unspecified atom stereocenters. The predicted molar refractivity (Wildman–Crippen MR) is 97.6 cm³/mol. The number of nitrogens with one attached hydrogen (secondary N) is 1. The summed E-state index contributed by atoms with van der Waals surface area (Å²) in [4.78, 5) is 15.0. The smallest absolute Gasteiger partial charge is 0.241 e. The second-order valence-electron chi connectivity index (χ2n) is 6.47. The molecule has 1 saturated heterocycles. The molecule has 1 amide bonds. The fourth-order valence-corrected chi connectivity index (χ4v) is 3.44. The zero-order valence-corrected chi connectivity index (χ0v) is 15.2. The average Bonchev–Trinajstić information content (AvgIpc) is 3.22. The van der Waals surface area contributed by atoms with Crippen molar-refractivity contribution < 1.29 is 9.53 Å². The number of aryl methyl sites for hydroxylation is 2. The van der Waals surface area contributed by atoms with Crippen LogP contribution >= 0.6 is 0 Å². The number of ether oxygens (including phenoxy) is 1. The molecule has 1 N–H and O–H groups in total. The molecule has 6 nitrogen and oxygen atoms in total. The predicted octanol–water partition coefficient (Wildman–Crippen LogP) is 2.59. The number of benzene rings is 1. The second-order valence-corrected chi connectivity index (χ2v) is 6.47. The summed E-state index contributed by atoms with van der Waals surface area (Å²) in [5.41, 5.74) is 3.13. The molecule has 1 atom stereocenters. The quantitative estimate of drug-likeness (QED) is 0.877. The van der Waals surface area contributed by atoms with Crippen LogP contribution in [-0.2, 0) is 24.8 Å². The molecule has 0 saturated carbocycles. The average molecular weight is 342 g/mol. The zero-order chi connectivity index (χ0) is 17.8. The fourth-order valence-electron chi connectivity index (χ4n) is 3.44. The second kappa shape index (κ2) is 7.70. The molecule has 1 aromatic carbocycles. The van der Waals surface area contributed by atoms with Gasteiger partial charge in [0.15, 0.2) is 0 Å². The van der Waals surface area contributed by atoms with Crippen molar-refractivity contribution in [3.8, 4) is 5.75 Å². The molecule has 2 heterocycles. The number of carbonyl (C=O) groups is 1. The molecule has 3 rings (SSSR count). The summed E-state index contributed by atoms with van der Waals surface area (Å²) in [6.45, 7) is 3.83. The van der Waals surface area contributed by atoms with Gasteiger partial charge < -0.3 is 10.1 Å². The highest BCUT2D eigenvalue weighted by atomic mass is 16.5. The van der Waals surface area contributed by atoms with Crippen LogP contribution in [0.25, 0.3) is 0 Å². The lowest BCUT2D eigenvalue weighted by atomic mass is 10.1. The van der Waals surface area contributed by atoms with Crippen LogP contribution in [0.15, 0.2) is 30.5 Å². The number of aromatic nitrogens is 2. The van der Waals surface area contributed by atoms with Crippen molar-refractivity contribution in [1.29, 1.82) is 0 Å². The van der Waals surface area contributed by atoms with E-state index in [-0.39, 0.29) is 11.9 Å². The van der Waals surface area contributed by atoms with Crippen molar-refractivity contribution in [3.63, 3.8) is 0 Å². The summed E-state index contributed by atoms with van der Waals surface area (Å²) in [7, 11) is 3.58. The molecule has 1 aliphatic heterocycles. The molecule has 1 aromatic heterocycles. The summed E-state index contributed by atoms with van der Waals surface area (Å²) in [6, 6.07) is 7.35. The number of rotatable bonds is 6. The van der Waals surface area contributed by atoms with Crippen LogP contribution in [0.3, 0.4) is 0 Å². The molecule has 2 aromatic rings. The van der Waals surface area contributed by atoms with E-state index in [1.807, 2.05) is 36.0 Å². The highest BCUT2D eigenvalue weighted by molar-refractivity contribution is 5.95. The van der Waals surface area contributed by atoms with Crippen molar-refractivity contribution in [3.05, 3.63) is 41.7 Å². The summed E-state index contributed by atoms with van der Waals surface area (Å²) < 4.78 is 7.01. The number of hydrogen-bond donors (Lipinski definition) is 1. The van der Waals surface area contributed by atoms with E-state index < -0.39 is 0 Å². The van der Waals surface area contributed by atoms with Gasteiger partial charge in [-0.15, -0.1) is 0 Å². The van der Waals surface area contributed by atoms with Crippen LogP contribution in [0.1, 0.15) is 31.0 Å². The Balaban J connectivity index is 1.66. The Labute approximate surface area is 148 Å². The summed E-state index contributed by atoms with van der Waals surface area (Å²) in [6.07, 6.45) is 4.91. The molecule has 0 radical (unpaired) electrons. The van der Waals surface area contributed by atoms with E-state index in [9.17, 15) is 4.79 Å². The van der Waals surface area contributed by atoms with Crippen LogP contribution < -0.4 is 10.1 Å². The van der Waals surface area contributed by atoms with Gasteiger partial charge in [0.05, 0.1) is 18.8 Å². The molecular formula is C19H26N4O2. The van der Waals surface area contributed by atoms with Gasteiger partial charge in [-0.3, -0.25) is 14.4 Å². The van der Waals surface area contributed by atoms with Crippen LogP contribution in [-0.4, -0.2) is 40.3 Å². The van der Waals surface area contributed by atoms with Crippen molar-refractivity contribution in [1.82, 2.24) is 14.7 Å². The lowest BCUT2D eigenvalue weighted by molar-refractivity contribution is -0.120. The molecule has 0 spiro atoms. The first kappa shape index (κ1) is 17.5. The lowest BCUT2D eigenvalue weighted by Gasteiger charge is -2.23. The first-order chi connectivity index (χ1) is 12.1. The Morgan fingerprint density at radius 2 is 2.12 bits per heavy atom. The van der Waals surface area contributed by atoms with E-state index in [0.29, 0.717) is 0 Å². The SMILES string of the molecule is CCc1nn(C)cc1CN1CCC[C@H]1C(=O)Nc1ccc(OC)cc1. The molecule has 6 heteroatoms. The van der Waals surface area contributed by atoms with Crippen molar-refractivity contribution in [2.45, 2.75) is 38.8 Å². The van der Waals surface area contributed by atoms with Gasteiger partial charge in [-0.2, -0.15) is 5.10 Å². The van der Waals surface area contributed by atoms with Gasteiger partial charge in [0.25, 0.3) is 0 Å². The van der Waals surface area contributed by atoms with Gasteiger partial charge in [0.1, 0.15) is 5.75 Å². The van der Waals surface area contributed by atoms with Gasteiger partial charge in [-0.25, -0.2) is 0 Å². The summed E-state index contributed by atoms with van der Waals surface area (Å²) in [5.74, 6) is 0.841. The summed E-state index contributed by atoms with van der Waals surface area (Å²) in [5, 5.41) is 7.53. The number of likely N-dealkylation sites (tertiary alicyclic amines) is 1. The number of anilines is 1. The minimum absolute atomic E-state index is 0.0598. The Morgan fingerprint density at radius 3 is 2.80 bits per heavy atom. The largest absolute Gasteiger partial charge is 0.497 e.